The molecule has 0 spiro atoms. The summed E-state index contributed by atoms with van der Waals surface area (Å²) in [4.78, 5) is 29.1. The van der Waals surface area contributed by atoms with Gasteiger partial charge in [-0.05, 0) is 37.1 Å². The van der Waals surface area contributed by atoms with Crippen LogP contribution in [0.1, 0.15) is 31.4 Å². The van der Waals surface area contributed by atoms with Crippen LogP contribution in [-0.2, 0) is 32.6 Å². The molecule has 0 saturated heterocycles. The van der Waals surface area contributed by atoms with Crippen molar-refractivity contribution in [3.8, 4) is 11.5 Å². The van der Waals surface area contributed by atoms with Gasteiger partial charge in [0.1, 0.15) is 29.9 Å². The summed E-state index contributed by atoms with van der Waals surface area (Å²) >= 11 is 0. The number of anilines is 1. The molecule has 226 valence electrons. The first-order chi connectivity index (χ1) is 20.0. The second kappa shape index (κ2) is 14.7. The van der Waals surface area contributed by atoms with Crippen molar-refractivity contribution >= 4 is 27.5 Å². The number of benzene rings is 3. The van der Waals surface area contributed by atoms with E-state index in [1.807, 2.05) is 44.2 Å². The predicted octanol–water partition coefficient (Wildman–Crippen LogP) is 4.16. The van der Waals surface area contributed by atoms with Gasteiger partial charge in [-0.2, -0.15) is 0 Å². The number of carbonyl (C=O) groups excluding carboxylic acids is 2. The lowest BCUT2D eigenvalue weighted by atomic mass is 10.0. The van der Waals surface area contributed by atoms with Crippen molar-refractivity contribution in [3.05, 3.63) is 89.7 Å². The molecule has 0 aliphatic rings. The Kier molecular flexibility index (Phi) is 11.3. The summed E-state index contributed by atoms with van der Waals surface area (Å²) < 4.78 is 52.6. The standard InChI is InChI=1S/C31H38FN3O6S/c1-6-22(2)33-31(37)28(18-23-12-8-7-9-13-23)34(20-24-14-10-11-15-26(24)32)30(36)21-35(42(5,38)39)27-19-25(40-3)16-17-29(27)41-4/h7-17,19,22,28H,6,18,20-21H2,1-5H3,(H,33,37)/t22-,28+/m0/s1. The smallest absolute Gasteiger partial charge is 0.244 e. The molecule has 0 unspecified atom stereocenters. The fraction of sp³-hybridized carbons (Fsp3) is 0.355. The van der Waals surface area contributed by atoms with Crippen LogP contribution < -0.4 is 19.1 Å². The average molecular weight is 600 g/mol. The third-order valence-electron chi connectivity index (χ3n) is 6.90. The average Bonchev–Trinajstić information content (AvgIpc) is 2.97. The highest BCUT2D eigenvalue weighted by atomic mass is 32.2. The molecule has 2 atom stereocenters. The zero-order valence-corrected chi connectivity index (χ0v) is 25.4. The van der Waals surface area contributed by atoms with Crippen molar-refractivity contribution in [2.75, 3.05) is 31.3 Å². The van der Waals surface area contributed by atoms with Gasteiger partial charge in [-0.25, -0.2) is 12.8 Å². The summed E-state index contributed by atoms with van der Waals surface area (Å²) in [6.45, 7) is 2.84. The Bertz CT molecular complexity index is 1470. The van der Waals surface area contributed by atoms with Crippen LogP contribution in [-0.4, -0.2) is 64.2 Å². The summed E-state index contributed by atoms with van der Waals surface area (Å²) in [7, 11) is -1.22. The topological polar surface area (TPSA) is 105 Å². The molecule has 0 radical (unpaired) electrons. The number of halogens is 1. The maximum Gasteiger partial charge on any atom is 0.244 e. The van der Waals surface area contributed by atoms with Crippen LogP contribution in [0.2, 0.25) is 0 Å². The fourth-order valence-electron chi connectivity index (χ4n) is 4.39. The van der Waals surface area contributed by atoms with Gasteiger partial charge >= 0.3 is 0 Å². The van der Waals surface area contributed by atoms with Crippen LogP contribution in [0.5, 0.6) is 11.5 Å². The van der Waals surface area contributed by atoms with Crippen molar-refractivity contribution in [1.29, 1.82) is 0 Å². The van der Waals surface area contributed by atoms with E-state index in [0.717, 1.165) is 16.1 Å². The van der Waals surface area contributed by atoms with Crippen molar-refractivity contribution in [2.24, 2.45) is 0 Å². The molecule has 11 heteroatoms. The summed E-state index contributed by atoms with van der Waals surface area (Å²) in [6.07, 6.45) is 1.75. The van der Waals surface area contributed by atoms with Gasteiger partial charge in [-0.3, -0.25) is 13.9 Å². The van der Waals surface area contributed by atoms with Crippen LogP contribution in [0.15, 0.2) is 72.8 Å². The van der Waals surface area contributed by atoms with Gasteiger partial charge in [0.2, 0.25) is 21.8 Å². The minimum absolute atomic E-state index is 0.0854. The molecule has 1 N–H and O–H groups in total. The van der Waals surface area contributed by atoms with E-state index in [4.69, 9.17) is 9.47 Å². The van der Waals surface area contributed by atoms with Crippen molar-refractivity contribution in [1.82, 2.24) is 10.2 Å². The number of nitrogens with one attached hydrogen (secondary N) is 1. The van der Waals surface area contributed by atoms with E-state index < -0.39 is 40.2 Å². The first-order valence-corrected chi connectivity index (χ1v) is 15.4. The molecular formula is C31H38FN3O6S. The maximum absolute atomic E-state index is 14.9. The molecule has 0 aliphatic carbocycles. The Morgan fingerprint density at radius 1 is 0.976 bits per heavy atom. The van der Waals surface area contributed by atoms with Crippen LogP contribution in [0.25, 0.3) is 0 Å². The zero-order chi connectivity index (χ0) is 30.9. The number of amides is 2. The van der Waals surface area contributed by atoms with Gasteiger partial charge in [0.25, 0.3) is 0 Å². The highest BCUT2D eigenvalue weighted by Gasteiger charge is 2.34. The van der Waals surface area contributed by atoms with Crippen LogP contribution in [0.4, 0.5) is 10.1 Å². The number of hydrogen-bond acceptors (Lipinski definition) is 6. The monoisotopic (exact) mass is 599 g/mol. The Balaban J connectivity index is 2.12. The van der Waals surface area contributed by atoms with Crippen LogP contribution >= 0.6 is 0 Å². The summed E-state index contributed by atoms with van der Waals surface area (Å²) in [5, 5.41) is 2.94. The van der Waals surface area contributed by atoms with E-state index in [9.17, 15) is 22.4 Å². The van der Waals surface area contributed by atoms with E-state index in [1.165, 1.54) is 49.5 Å². The number of sulfonamides is 1. The van der Waals surface area contributed by atoms with Gasteiger partial charge in [0.05, 0.1) is 26.2 Å². The maximum atomic E-state index is 14.9. The molecule has 0 bridgehead atoms. The Hall–Kier alpha value is -4.12. The Morgan fingerprint density at radius 3 is 2.24 bits per heavy atom. The van der Waals surface area contributed by atoms with E-state index in [-0.39, 0.29) is 36.0 Å². The van der Waals surface area contributed by atoms with E-state index >= 15 is 0 Å². The van der Waals surface area contributed by atoms with E-state index in [0.29, 0.717) is 12.2 Å². The highest BCUT2D eigenvalue weighted by Crippen LogP contribution is 2.34. The number of nitrogens with zero attached hydrogens (tertiary/aromatic N) is 2. The molecule has 0 heterocycles. The lowest BCUT2D eigenvalue weighted by molar-refractivity contribution is -0.140. The number of carbonyl (C=O) groups is 2. The predicted molar refractivity (Wildman–Crippen MR) is 161 cm³/mol. The Morgan fingerprint density at radius 2 is 1.64 bits per heavy atom. The molecule has 0 saturated carbocycles. The van der Waals surface area contributed by atoms with Crippen molar-refractivity contribution < 1.29 is 31.9 Å². The van der Waals surface area contributed by atoms with Gasteiger partial charge in [-0.15, -0.1) is 0 Å². The Labute approximate surface area is 247 Å². The van der Waals surface area contributed by atoms with Gasteiger partial charge < -0.3 is 19.7 Å². The van der Waals surface area contributed by atoms with E-state index in [1.54, 1.807) is 12.1 Å². The lowest BCUT2D eigenvalue weighted by Gasteiger charge is -2.34. The van der Waals surface area contributed by atoms with Crippen molar-refractivity contribution in [2.45, 2.75) is 45.3 Å². The second-order valence-corrected chi connectivity index (χ2v) is 11.9. The number of hydrogen-bond donors (Lipinski definition) is 1. The molecule has 2 amide bonds. The van der Waals surface area contributed by atoms with Gasteiger partial charge in [0.15, 0.2) is 0 Å². The SMILES string of the molecule is CC[C@H](C)NC(=O)[C@@H](Cc1ccccc1)N(Cc1ccccc1F)C(=O)CN(c1cc(OC)ccc1OC)S(C)(=O)=O. The highest BCUT2D eigenvalue weighted by molar-refractivity contribution is 7.92. The molecule has 9 nitrogen and oxygen atoms in total. The third-order valence-corrected chi connectivity index (χ3v) is 8.03. The minimum Gasteiger partial charge on any atom is -0.497 e. The zero-order valence-electron chi connectivity index (χ0n) is 24.5. The molecule has 3 aromatic carbocycles. The normalized spacial score (nSPS) is 12.6. The van der Waals surface area contributed by atoms with Crippen LogP contribution in [0, 0.1) is 5.82 Å². The first-order valence-electron chi connectivity index (χ1n) is 13.5. The lowest BCUT2D eigenvalue weighted by Crippen LogP contribution is -2.54. The quantitative estimate of drug-likeness (QED) is 0.298. The second-order valence-electron chi connectivity index (χ2n) is 9.94. The fourth-order valence-corrected chi connectivity index (χ4v) is 5.24. The molecule has 3 rings (SSSR count). The van der Waals surface area contributed by atoms with Gasteiger partial charge in [-0.1, -0.05) is 55.5 Å². The summed E-state index contributed by atoms with van der Waals surface area (Å²) in [5.41, 5.74) is 1.05. The number of methoxy groups -OCH3 is 2. The molecule has 0 aromatic heterocycles. The molecule has 0 aliphatic heterocycles. The van der Waals surface area contributed by atoms with E-state index in [2.05, 4.69) is 5.32 Å². The summed E-state index contributed by atoms with van der Waals surface area (Å²) in [5.74, 6) is -1.13. The first kappa shape index (κ1) is 32.4. The van der Waals surface area contributed by atoms with Crippen LogP contribution in [0.3, 0.4) is 0 Å². The summed E-state index contributed by atoms with van der Waals surface area (Å²) in [6, 6.07) is 18.4. The van der Waals surface area contributed by atoms with Gasteiger partial charge in [0, 0.05) is 30.6 Å². The largest absolute Gasteiger partial charge is 0.497 e. The minimum atomic E-state index is -4.04. The molecular weight excluding hydrogens is 561 g/mol. The van der Waals surface area contributed by atoms with Crippen molar-refractivity contribution in [3.63, 3.8) is 0 Å². The molecule has 42 heavy (non-hydrogen) atoms. The third kappa shape index (κ3) is 8.45. The number of ether oxygens (including phenoxy) is 2. The number of rotatable bonds is 14. The molecule has 3 aromatic rings. The molecule has 0 fully saturated rings.